The molecule has 2 saturated heterocycles. The van der Waals surface area contributed by atoms with Crippen LogP contribution in [0.15, 0.2) is 28.7 Å². The summed E-state index contributed by atoms with van der Waals surface area (Å²) in [7, 11) is 0. The second-order valence-electron chi connectivity index (χ2n) is 6.12. The average Bonchev–Trinajstić information content (AvgIpc) is 2.50. The summed E-state index contributed by atoms with van der Waals surface area (Å²) in [6, 6.07) is 8.87. The van der Waals surface area contributed by atoms with Crippen LogP contribution >= 0.6 is 15.9 Å². The van der Waals surface area contributed by atoms with Crippen LogP contribution < -0.4 is 0 Å². The van der Waals surface area contributed by atoms with Gasteiger partial charge >= 0.3 is 0 Å². The van der Waals surface area contributed by atoms with Gasteiger partial charge in [0.2, 0.25) is 0 Å². The van der Waals surface area contributed by atoms with Gasteiger partial charge in [-0.1, -0.05) is 28.1 Å². The Kier molecular flexibility index (Phi) is 5.14. The van der Waals surface area contributed by atoms with Crippen molar-refractivity contribution in [3.8, 4) is 0 Å². The van der Waals surface area contributed by atoms with Crippen molar-refractivity contribution in [1.29, 1.82) is 0 Å². The minimum Gasteiger partial charge on any atom is -0.377 e. The first-order valence-electron chi connectivity index (χ1n) is 7.91. The van der Waals surface area contributed by atoms with Gasteiger partial charge in [-0.05, 0) is 68.8 Å². The maximum absolute atomic E-state index is 5.86. The van der Waals surface area contributed by atoms with Crippen LogP contribution in [0, 0.1) is 0 Å². The van der Waals surface area contributed by atoms with Crippen molar-refractivity contribution in [3.05, 3.63) is 34.3 Å². The summed E-state index contributed by atoms with van der Waals surface area (Å²) in [5.74, 6) is 0.742. The van der Waals surface area contributed by atoms with Gasteiger partial charge in [0, 0.05) is 17.6 Å². The lowest BCUT2D eigenvalue weighted by Gasteiger charge is -2.35. The molecule has 20 heavy (non-hydrogen) atoms. The smallest absolute Gasteiger partial charge is 0.0702 e. The zero-order chi connectivity index (χ0) is 13.8. The summed E-state index contributed by atoms with van der Waals surface area (Å²) in [6.45, 7) is 4.56. The van der Waals surface area contributed by atoms with Crippen molar-refractivity contribution in [2.75, 3.05) is 26.2 Å². The molecule has 0 amide bonds. The minimum absolute atomic E-state index is 0.494. The predicted molar refractivity (Wildman–Crippen MR) is 86.1 cm³/mol. The molecule has 2 fully saturated rings. The highest BCUT2D eigenvalue weighted by atomic mass is 79.9. The molecule has 0 bridgehead atoms. The Balaban J connectivity index is 1.47. The highest BCUT2D eigenvalue weighted by Crippen LogP contribution is 2.29. The van der Waals surface area contributed by atoms with Crippen molar-refractivity contribution < 1.29 is 4.74 Å². The molecule has 0 radical (unpaired) electrons. The number of halogens is 1. The highest BCUT2D eigenvalue weighted by molar-refractivity contribution is 9.10. The van der Waals surface area contributed by atoms with Crippen molar-refractivity contribution in [3.63, 3.8) is 0 Å². The SMILES string of the molecule is Brc1ccc(C2CCN(CC3CCCCO3)CC2)cc1. The summed E-state index contributed by atoms with van der Waals surface area (Å²) in [5, 5.41) is 0. The van der Waals surface area contributed by atoms with E-state index in [0.29, 0.717) is 6.10 Å². The Morgan fingerprint density at radius 2 is 1.80 bits per heavy atom. The van der Waals surface area contributed by atoms with Crippen LogP contribution in [0.1, 0.15) is 43.6 Å². The zero-order valence-electron chi connectivity index (χ0n) is 12.1. The van der Waals surface area contributed by atoms with Gasteiger partial charge in [-0.15, -0.1) is 0 Å². The molecule has 2 nitrogen and oxygen atoms in total. The van der Waals surface area contributed by atoms with Crippen molar-refractivity contribution in [1.82, 2.24) is 4.90 Å². The quantitative estimate of drug-likeness (QED) is 0.819. The number of hydrogen-bond acceptors (Lipinski definition) is 2. The summed E-state index contributed by atoms with van der Waals surface area (Å²) < 4.78 is 7.03. The lowest BCUT2D eigenvalue weighted by Crippen LogP contribution is -2.40. The molecule has 2 heterocycles. The first-order valence-corrected chi connectivity index (χ1v) is 8.70. The number of nitrogens with zero attached hydrogens (tertiary/aromatic N) is 1. The van der Waals surface area contributed by atoms with Gasteiger partial charge < -0.3 is 9.64 Å². The molecule has 0 aliphatic carbocycles. The number of ether oxygens (including phenoxy) is 1. The van der Waals surface area contributed by atoms with E-state index in [-0.39, 0.29) is 0 Å². The minimum atomic E-state index is 0.494. The van der Waals surface area contributed by atoms with Gasteiger partial charge in [0.25, 0.3) is 0 Å². The molecule has 3 rings (SSSR count). The Labute approximate surface area is 130 Å². The molecule has 1 aromatic carbocycles. The molecule has 110 valence electrons. The lowest BCUT2D eigenvalue weighted by atomic mass is 9.89. The third-order valence-electron chi connectivity index (χ3n) is 4.66. The Bertz CT molecular complexity index is 406. The molecular weight excluding hydrogens is 314 g/mol. The normalized spacial score (nSPS) is 25.8. The first kappa shape index (κ1) is 14.6. The van der Waals surface area contributed by atoms with E-state index >= 15 is 0 Å². The van der Waals surface area contributed by atoms with Crippen LogP contribution in [0.2, 0.25) is 0 Å². The molecule has 2 aliphatic heterocycles. The second kappa shape index (κ2) is 7.06. The molecule has 3 heteroatoms. The Morgan fingerprint density at radius 1 is 1.05 bits per heavy atom. The molecule has 0 spiro atoms. The van der Waals surface area contributed by atoms with Crippen LogP contribution in [-0.4, -0.2) is 37.2 Å². The standard InChI is InChI=1S/C17H24BrNO/c18-16-6-4-14(5-7-16)15-8-10-19(11-9-15)13-17-3-1-2-12-20-17/h4-7,15,17H,1-3,8-13H2. The molecule has 1 unspecified atom stereocenters. The van der Waals surface area contributed by atoms with E-state index in [1.165, 1.54) is 55.2 Å². The maximum Gasteiger partial charge on any atom is 0.0702 e. The van der Waals surface area contributed by atoms with Gasteiger partial charge in [0.05, 0.1) is 6.10 Å². The fourth-order valence-electron chi connectivity index (χ4n) is 3.42. The van der Waals surface area contributed by atoms with E-state index in [1.807, 2.05) is 0 Å². The Morgan fingerprint density at radius 3 is 2.45 bits per heavy atom. The molecule has 0 N–H and O–H groups in total. The molecule has 1 aromatic rings. The van der Waals surface area contributed by atoms with Crippen LogP contribution in [0.5, 0.6) is 0 Å². The second-order valence-corrected chi connectivity index (χ2v) is 7.03. The van der Waals surface area contributed by atoms with E-state index < -0.39 is 0 Å². The number of piperidine rings is 1. The van der Waals surface area contributed by atoms with E-state index in [4.69, 9.17) is 4.74 Å². The zero-order valence-corrected chi connectivity index (χ0v) is 13.6. The summed E-state index contributed by atoms with van der Waals surface area (Å²) >= 11 is 3.51. The fraction of sp³-hybridized carbons (Fsp3) is 0.647. The molecule has 0 aromatic heterocycles. The number of likely N-dealkylation sites (tertiary alicyclic amines) is 1. The van der Waals surface area contributed by atoms with E-state index in [2.05, 4.69) is 45.1 Å². The summed E-state index contributed by atoms with van der Waals surface area (Å²) in [5.41, 5.74) is 1.50. The Hall–Kier alpha value is -0.380. The van der Waals surface area contributed by atoms with Crippen LogP contribution in [-0.2, 0) is 4.74 Å². The van der Waals surface area contributed by atoms with Crippen LogP contribution in [0.4, 0.5) is 0 Å². The van der Waals surface area contributed by atoms with Gasteiger partial charge in [-0.2, -0.15) is 0 Å². The first-order chi connectivity index (χ1) is 9.81. The van der Waals surface area contributed by atoms with Gasteiger partial charge in [-0.3, -0.25) is 0 Å². The van der Waals surface area contributed by atoms with Crippen LogP contribution in [0.25, 0.3) is 0 Å². The molecule has 2 aliphatic rings. The number of rotatable bonds is 3. The predicted octanol–water partition coefficient (Wildman–Crippen LogP) is 4.20. The fourth-order valence-corrected chi connectivity index (χ4v) is 3.69. The molecule has 0 saturated carbocycles. The topological polar surface area (TPSA) is 12.5 Å². The van der Waals surface area contributed by atoms with E-state index in [9.17, 15) is 0 Å². The maximum atomic E-state index is 5.86. The highest BCUT2D eigenvalue weighted by Gasteiger charge is 2.23. The summed E-state index contributed by atoms with van der Waals surface area (Å²) in [4.78, 5) is 2.60. The third kappa shape index (κ3) is 3.84. The number of benzene rings is 1. The monoisotopic (exact) mass is 337 g/mol. The lowest BCUT2D eigenvalue weighted by molar-refractivity contribution is -0.00950. The van der Waals surface area contributed by atoms with Gasteiger partial charge in [0.1, 0.15) is 0 Å². The van der Waals surface area contributed by atoms with Crippen molar-refractivity contribution >= 4 is 15.9 Å². The largest absolute Gasteiger partial charge is 0.377 e. The van der Waals surface area contributed by atoms with Gasteiger partial charge in [-0.25, -0.2) is 0 Å². The van der Waals surface area contributed by atoms with E-state index in [0.717, 1.165) is 19.1 Å². The summed E-state index contributed by atoms with van der Waals surface area (Å²) in [6.07, 6.45) is 6.92. The van der Waals surface area contributed by atoms with E-state index in [1.54, 1.807) is 0 Å². The van der Waals surface area contributed by atoms with Gasteiger partial charge in [0.15, 0.2) is 0 Å². The molecular formula is C17H24BrNO. The van der Waals surface area contributed by atoms with Crippen molar-refractivity contribution in [2.24, 2.45) is 0 Å². The third-order valence-corrected chi connectivity index (χ3v) is 5.19. The van der Waals surface area contributed by atoms with Crippen LogP contribution in [0.3, 0.4) is 0 Å². The average molecular weight is 338 g/mol. The molecule has 1 atom stereocenters. The van der Waals surface area contributed by atoms with Crippen molar-refractivity contribution in [2.45, 2.75) is 44.1 Å². The number of hydrogen-bond donors (Lipinski definition) is 0.